The van der Waals surface area contributed by atoms with Crippen molar-refractivity contribution in [3.8, 4) is 17.1 Å². The van der Waals surface area contributed by atoms with E-state index in [4.69, 9.17) is 10.5 Å². The fourth-order valence-electron chi connectivity index (χ4n) is 1.06. The number of nitrogen functional groups attached to an aromatic ring is 1. The molecule has 0 radical (unpaired) electrons. The monoisotopic (exact) mass is 207 g/mol. The molecular weight excluding hydrogens is 198 g/mol. The van der Waals surface area contributed by atoms with Gasteiger partial charge < -0.3 is 10.5 Å². The van der Waals surface area contributed by atoms with Gasteiger partial charge in [-0.3, -0.25) is 4.98 Å². The number of pyridine rings is 1. The van der Waals surface area contributed by atoms with Crippen LogP contribution in [0.2, 0.25) is 0 Å². The molecule has 0 saturated heterocycles. The fourth-order valence-corrected chi connectivity index (χ4v) is 1.61. The lowest BCUT2D eigenvalue weighted by Crippen LogP contribution is -1.87. The Morgan fingerprint density at radius 1 is 1.36 bits per heavy atom. The van der Waals surface area contributed by atoms with Crippen molar-refractivity contribution < 1.29 is 4.74 Å². The highest BCUT2D eigenvalue weighted by Gasteiger charge is 2.03. The first-order chi connectivity index (χ1) is 6.79. The summed E-state index contributed by atoms with van der Waals surface area (Å²) < 4.78 is 5.01. The second-order valence-electron chi connectivity index (χ2n) is 2.65. The molecule has 0 saturated carbocycles. The molecule has 0 fully saturated rings. The third kappa shape index (κ3) is 1.67. The third-order valence-corrected chi connectivity index (χ3v) is 2.43. The molecule has 0 bridgehead atoms. The lowest BCUT2D eigenvalue weighted by molar-refractivity contribution is 0.413. The van der Waals surface area contributed by atoms with Gasteiger partial charge in [0, 0.05) is 5.38 Å². The average Bonchev–Trinajstić information content (AvgIpc) is 2.65. The zero-order chi connectivity index (χ0) is 9.97. The molecule has 0 aliphatic carbocycles. The van der Waals surface area contributed by atoms with Gasteiger partial charge >= 0.3 is 0 Å². The van der Waals surface area contributed by atoms with E-state index in [-0.39, 0.29) is 0 Å². The summed E-state index contributed by atoms with van der Waals surface area (Å²) >= 11 is 1.40. The van der Waals surface area contributed by atoms with E-state index >= 15 is 0 Å². The Balaban J connectivity index is 2.33. The van der Waals surface area contributed by atoms with Gasteiger partial charge in [-0.15, -0.1) is 11.3 Å². The summed E-state index contributed by atoms with van der Waals surface area (Å²) in [6.45, 7) is 0. The molecule has 4 nitrogen and oxygen atoms in total. The van der Waals surface area contributed by atoms with Crippen LogP contribution < -0.4 is 10.5 Å². The number of rotatable bonds is 2. The lowest BCUT2D eigenvalue weighted by Gasteiger charge is -1.99. The number of methoxy groups -OCH3 is 1. The van der Waals surface area contributed by atoms with Gasteiger partial charge in [-0.05, 0) is 12.1 Å². The summed E-state index contributed by atoms with van der Waals surface area (Å²) in [5.74, 6) is 0.733. The second-order valence-corrected chi connectivity index (χ2v) is 3.54. The Hall–Kier alpha value is -1.62. The van der Waals surface area contributed by atoms with Gasteiger partial charge in [-0.25, -0.2) is 4.98 Å². The Labute approximate surface area is 85.4 Å². The first kappa shape index (κ1) is 8.96. The average molecular weight is 207 g/mol. The molecule has 2 rings (SSSR count). The fraction of sp³-hybridized carbons (Fsp3) is 0.111. The Morgan fingerprint density at radius 2 is 2.21 bits per heavy atom. The molecule has 0 unspecified atom stereocenters. The van der Waals surface area contributed by atoms with Gasteiger partial charge in [0.2, 0.25) is 0 Å². The van der Waals surface area contributed by atoms with E-state index in [0.29, 0.717) is 5.13 Å². The van der Waals surface area contributed by atoms with E-state index < -0.39 is 0 Å². The van der Waals surface area contributed by atoms with E-state index in [9.17, 15) is 0 Å². The zero-order valence-electron chi connectivity index (χ0n) is 7.60. The van der Waals surface area contributed by atoms with Crippen LogP contribution in [0.5, 0.6) is 5.75 Å². The van der Waals surface area contributed by atoms with E-state index in [1.54, 1.807) is 13.3 Å². The molecule has 0 amide bonds. The summed E-state index contributed by atoms with van der Waals surface area (Å²) in [4.78, 5) is 8.33. The number of thiazole rings is 1. The number of nitrogens with two attached hydrogens (primary N) is 1. The summed E-state index contributed by atoms with van der Waals surface area (Å²) in [5, 5.41) is 2.43. The SMILES string of the molecule is COc1ccc(-c2csc(N)n2)nc1. The predicted molar refractivity (Wildman–Crippen MR) is 56.3 cm³/mol. The van der Waals surface area contributed by atoms with Crippen LogP contribution in [-0.2, 0) is 0 Å². The van der Waals surface area contributed by atoms with Crippen molar-refractivity contribution in [2.45, 2.75) is 0 Å². The van der Waals surface area contributed by atoms with Gasteiger partial charge in [-0.1, -0.05) is 0 Å². The lowest BCUT2D eigenvalue weighted by atomic mass is 10.3. The number of aromatic nitrogens is 2. The minimum absolute atomic E-state index is 0.553. The summed E-state index contributed by atoms with van der Waals surface area (Å²) in [6.07, 6.45) is 1.66. The normalized spacial score (nSPS) is 10.1. The van der Waals surface area contributed by atoms with Gasteiger partial charge in [0.25, 0.3) is 0 Å². The second kappa shape index (κ2) is 3.63. The first-order valence-electron chi connectivity index (χ1n) is 4.01. The first-order valence-corrected chi connectivity index (χ1v) is 4.89. The maximum atomic E-state index is 5.53. The molecule has 2 aromatic rings. The van der Waals surface area contributed by atoms with Crippen molar-refractivity contribution in [2.24, 2.45) is 0 Å². The van der Waals surface area contributed by atoms with Crippen molar-refractivity contribution in [1.82, 2.24) is 9.97 Å². The van der Waals surface area contributed by atoms with Crippen molar-refractivity contribution in [3.05, 3.63) is 23.7 Å². The van der Waals surface area contributed by atoms with Crippen LogP contribution in [0.3, 0.4) is 0 Å². The summed E-state index contributed by atoms with van der Waals surface area (Å²) in [6, 6.07) is 3.70. The largest absolute Gasteiger partial charge is 0.495 e. The highest BCUT2D eigenvalue weighted by Crippen LogP contribution is 2.22. The summed E-state index contributed by atoms with van der Waals surface area (Å²) in [7, 11) is 1.61. The van der Waals surface area contributed by atoms with Crippen molar-refractivity contribution >= 4 is 16.5 Å². The molecule has 0 spiro atoms. The van der Waals surface area contributed by atoms with Crippen LogP contribution >= 0.6 is 11.3 Å². The van der Waals surface area contributed by atoms with Gasteiger partial charge in [0.15, 0.2) is 5.13 Å². The number of ether oxygens (including phenoxy) is 1. The molecule has 0 aliphatic rings. The van der Waals surface area contributed by atoms with E-state index in [1.165, 1.54) is 11.3 Å². The molecule has 0 aromatic carbocycles. The van der Waals surface area contributed by atoms with Crippen LogP contribution in [0.25, 0.3) is 11.4 Å². The van der Waals surface area contributed by atoms with Gasteiger partial charge in [0.05, 0.1) is 19.0 Å². The molecular formula is C9H9N3OS. The van der Waals surface area contributed by atoms with Crippen LogP contribution in [0, 0.1) is 0 Å². The number of nitrogens with zero attached hydrogens (tertiary/aromatic N) is 2. The van der Waals surface area contributed by atoms with E-state index in [2.05, 4.69) is 9.97 Å². The van der Waals surface area contributed by atoms with Crippen molar-refractivity contribution in [1.29, 1.82) is 0 Å². The molecule has 0 atom stereocenters. The highest BCUT2D eigenvalue weighted by atomic mass is 32.1. The van der Waals surface area contributed by atoms with E-state index in [0.717, 1.165) is 17.1 Å². The maximum Gasteiger partial charge on any atom is 0.180 e. The molecule has 72 valence electrons. The minimum Gasteiger partial charge on any atom is -0.495 e. The maximum absolute atomic E-state index is 5.53. The van der Waals surface area contributed by atoms with Crippen LogP contribution in [-0.4, -0.2) is 17.1 Å². The predicted octanol–water partition coefficient (Wildman–Crippen LogP) is 1.80. The van der Waals surface area contributed by atoms with Crippen molar-refractivity contribution in [2.75, 3.05) is 12.8 Å². The molecule has 2 aromatic heterocycles. The molecule has 14 heavy (non-hydrogen) atoms. The standard InChI is InChI=1S/C9H9N3OS/c1-13-6-2-3-7(11-4-6)8-5-14-9(10)12-8/h2-5H,1H3,(H2,10,12). The zero-order valence-corrected chi connectivity index (χ0v) is 8.41. The Bertz CT molecular complexity index is 424. The third-order valence-electron chi connectivity index (χ3n) is 1.76. The Kier molecular flexibility index (Phi) is 2.32. The van der Waals surface area contributed by atoms with E-state index in [1.807, 2.05) is 17.5 Å². The van der Waals surface area contributed by atoms with Crippen LogP contribution in [0.4, 0.5) is 5.13 Å². The molecule has 0 aliphatic heterocycles. The van der Waals surface area contributed by atoms with Gasteiger partial charge in [0.1, 0.15) is 11.4 Å². The quantitative estimate of drug-likeness (QED) is 0.815. The molecule has 2 N–H and O–H groups in total. The van der Waals surface area contributed by atoms with Gasteiger partial charge in [-0.2, -0.15) is 0 Å². The number of hydrogen-bond donors (Lipinski definition) is 1. The smallest absolute Gasteiger partial charge is 0.180 e. The minimum atomic E-state index is 0.553. The highest BCUT2D eigenvalue weighted by molar-refractivity contribution is 7.13. The number of anilines is 1. The number of hydrogen-bond acceptors (Lipinski definition) is 5. The molecule has 2 heterocycles. The van der Waals surface area contributed by atoms with Crippen molar-refractivity contribution in [3.63, 3.8) is 0 Å². The van der Waals surface area contributed by atoms with Crippen LogP contribution in [0.15, 0.2) is 23.7 Å². The Morgan fingerprint density at radius 3 is 2.71 bits per heavy atom. The molecule has 5 heteroatoms. The summed E-state index contributed by atoms with van der Waals surface area (Å²) in [5.41, 5.74) is 7.13. The topological polar surface area (TPSA) is 61.0 Å². The van der Waals surface area contributed by atoms with Crippen LogP contribution in [0.1, 0.15) is 0 Å².